The van der Waals surface area contributed by atoms with Crippen molar-refractivity contribution in [2.75, 3.05) is 6.54 Å². The first-order valence-electron chi connectivity index (χ1n) is 10.1. The molecule has 0 bridgehead atoms. The molecule has 0 aliphatic rings. The first-order chi connectivity index (χ1) is 13.7. The molecule has 1 aromatic carbocycles. The average molecular weight is 419 g/mol. The molecule has 6 heteroatoms. The van der Waals surface area contributed by atoms with E-state index in [1.807, 2.05) is 46.1 Å². The molecule has 1 unspecified atom stereocenters. The van der Waals surface area contributed by atoms with E-state index in [0.29, 0.717) is 13.1 Å². The van der Waals surface area contributed by atoms with E-state index in [2.05, 4.69) is 0 Å². The van der Waals surface area contributed by atoms with Crippen LogP contribution in [0.4, 0.5) is 4.39 Å². The molecular weight excluding hydrogens is 387 g/mol. The highest BCUT2D eigenvalue weighted by atomic mass is 32.1. The van der Waals surface area contributed by atoms with Crippen molar-refractivity contribution in [3.05, 3.63) is 57.5 Å². The minimum Gasteiger partial charge on any atom is -0.332 e. The smallest absolute Gasteiger partial charge is 0.242 e. The van der Waals surface area contributed by atoms with Gasteiger partial charge in [0, 0.05) is 23.4 Å². The molecule has 2 rings (SSSR count). The van der Waals surface area contributed by atoms with Crippen LogP contribution in [-0.4, -0.2) is 34.2 Å². The number of thiophene rings is 1. The van der Waals surface area contributed by atoms with E-state index in [1.165, 1.54) is 12.1 Å². The monoisotopic (exact) mass is 418 g/mol. The van der Waals surface area contributed by atoms with E-state index in [4.69, 9.17) is 0 Å². The molecule has 0 spiro atoms. The zero-order chi connectivity index (χ0) is 21.6. The van der Waals surface area contributed by atoms with E-state index in [0.717, 1.165) is 22.4 Å². The molecule has 0 N–H and O–H groups in total. The Morgan fingerprint density at radius 3 is 2.24 bits per heavy atom. The summed E-state index contributed by atoms with van der Waals surface area (Å²) in [5.74, 6) is -0.578. The van der Waals surface area contributed by atoms with Gasteiger partial charge in [0.1, 0.15) is 12.4 Å². The fourth-order valence-corrected chi connectivity index (χ4v) is 3.95. The fraction of sp³-hybridized carbons (Fsp3) is 0.478. The highest BCUT2D eigenvalue weighted by Gasteiger charge is 2.26. The van der Waals surface area contributed by atoms with Crippen molar-refractivity contribution >= 4 is 23.2 Å². The second-order valence-corrected chi connectivity index (χ2v) is 8.78. The second-order valence-electron chi connectivity index (χ2n) is 7.78. The van der Waals surface area contributed by atoms with Crippen molar-refractivity contribution in [2.45, 2.75) is 60.2 Å². The third-order valence-electron chi connectivity index (χ3n) is 5.15. The zero-order valence-electron chi connectivity index (χ0n) is 17.9. The molecule has 2 amide bonds. The van der Waals surface area contributed by atoms with Crippen LogP contribution < -0.4 is 0 Å². The van der Waals surface area contributed by atoms with Crippen molar-refractivity contribution in [1.29, 1.82) is 0 Å². The van der Waals surface area contributed by atoms with Gasteiger partial charge in [0.2, 0.25) is 11.8 Å². The van der Waals surface area contributed by atoms with E-state index < -0.39 is 0 Å². The molecule has 0 aliphatic heterocycles. The predicted molar refractivity (Wildman–Crippen MR) is 116 cm³/mol. The van der Waals surface area contributed by atoms with Gasteiger partial charge in [-0.25, -0.2) is 4.39 Å². The molecular formula is C23H31FN2O2S. The molecule has 0 saturated carbocycles. The number of hydrogen-bond donors (Lipinski definition) is 0. The van der Waals surface area contributed by atoms with E-state index in [-0.39, 0.29) is 36.1 Å². The lowest BCUT2D eigenvalue weighted by Gasteiger charge is -2.32. The van der Waals surface area contributed by atoms with Gasteiger partial charge < -0.3 is 9.80 Å². The third-order valence-corrected chi connectivity index (χ3v) is 6.16. The van der Waals surface area contributed by atoms with Gasteiger partial charge in [0.05, 0.1) is 6.54 Å². The minimum absolute atomic E-state index is 0.00926. The average Bonchev–Trinajstić information content (AvgIpc) is 3.10. The van der Waals surface area contributed by atoms with Crippen LogP contribution in [0.5, 0.6) is 0 Å². The molecule has 29 heavy (non-hydrogen) atoms. The van der Waals surface area contributed by atoms with Crippen molar-refractivity contribution in [3.8, 4) is 0 Å². The summed E-state index contributed by atoms with van der Waals surface area (Å²) in [6.45, 7) is 10.6. The van der Waals surface area contributed by atoms with Crippen LogP contribution in [0.1, 0.15) is 50.1 Å². The molecule has 0 aliphatic carbocycles. The standard InChI is InChI=1S/C23H31FN2O2S/c1-6-18(5)26(23(28)16(2)3)15-22(27)25(14-21-17(4)11-12-29-21)13-19-7-9-20(24)10-8-19/h7-12,16,18H,6,13-15H2,1-5H3. The number of rotatable bonds is 9. The topological polar surface area (TPSA) is 40.6 Å². The maximum absolute atomic E-state index is 13.3. The Kier molecular flexibility index (Phi) is 8.38. The fourth-order valence-electron chi connectivity index (χ4n) is 3.03. The summed E-state index contributed by atoms with van der Waals surface area (Å²) in [6, 6.07) is 8.23. The van der Waals surface area contributed by atoms with Crippen LogP contribution in [0.2, 0.25) is 0 Å². The number of carbonyl (C=O) groups is 2. The normalized spacial score (nSPS) is 12.1. The van der Waals surface area contributed by atoms with Gasteiger partial charge in [-0.05, 0) is 55.0 Å². The maximum atomic E-state index is 13.3. The lowest BCUT2D eigenvalue weighted by molar-refractivity contribution is -0.144. The summed E-state index contributed by atoms with van der Waals surface area (Å²) in [6.07, 6.45) is 0.785. The predicted octanol–water partition coefficient (Wildman–Crippen LogP) is 5.01. The highest BCUT2D eigenvalue weighted by molar-refractivity contribution is 7.10. The number of halogens is 1. The Morgan fingerprint density at radius 2 is 1.72 bits per heavy atom. The Hall–Kier alpha value is -2.21. The Balaban J connectivity index is 2.25. The van der Waals surface area contributed by atoms with Crippen LogP contribution in [0.25, 0.3) is 0 Å². The largest absolute Gasteiger partial charge is 0.332 e. The van der Waals surface area contributed by atoms with Crippen LogP contribution in [0.3, 0.4) is 0 Å². The number of nitrogens with zero attached hydrogens (tertiary/aromatic N) is 2. The third kappa shape index (κ3) is 6.39. The number of carbonyl (C=O) groups excluding carboxylic acids is 2. The highest BCUT2D eigenvalue weighted by Crippen LogP contribution is 2.20. The number of benzene rings is 1. The van der Waals surface area contributed by atoms with Crippen molar-refractivity contribution in [2.24, 2.45) is 5.92 Å². The number of hydrogen-bond acceptors (Lipinski definition) is 3. The summed E-state index contributed by atoms with van der Waals surface area (Å²) in [5, 5.41) is 2.01. The van der Waals surface area contributed by atoms with Crippen LogP contribution in [-0.2, 0) is 22.7 Å². The van der Waals surface area contributed by atoms with Crippen molar-refractivity contribution in [3.63, 3.8) is 0 Å². The van der Waals surface area contributed by atoms with Gasteiger partial charge >= 0.3 is 0 Å². The molecule has 4 nitrogen and oxygen atoms in total. The molecule has 0 fully saturated rings. The van der Waals surface area contributed by atoms with Crippen LogP contribution >= 0.6 is 11.3 Å². The van der Waals surface area contributed by atoms with Gasteiger partial charge in [-0.1, -0.05) is 32.9 Å². The van der Waals surface area contributed by atoms with Crippen LogP contribution in [0, 0.1) is 18.7 Å². The SMILES string of the molecule is CCC(C)N(CC(=O)N(Cc1ccc(F)cc1)Cc1sccc1C)C(=O)C(C)C. The van der Waals surface area contributed by atoms with Crippen molar-refractivity contribution < 1.29 is 14.0 Å². The van der Waals surface area contributed by atoms with Gasteiger partial charge in [-0.2, -0.15) is 0 Å². The summed E-state index contributed by atoms with van der Waals surface area (Å²) in [7, 11) is 0. The van der Waals surface area contributed by atoms with Gasteiger partial charge in [0.15, 0.2) is 0 Å². The molecule has 158 valence electrons. The number of aryl methyl sites for hydroxylation is 1. The van der Waals surface area contributed by atoms with Gasteiger partial charge in [0.25, 0.3) is 0 Å². The van der Waals surface area contributed by atoms with E-state index in [1.54, 1.807) is 33.3 Å². The summed E-state index contributed by atoms with van der Waals surface area (Å²) >= 11 is 1.61. The van der Waals surface area contributed by atoms with E-state index >= 15 is 0 Å². The quantitative estimate of drug-likeness (QED) is 0.574. The first kappa shape index (κ1) is 23.1. The Bertz CT molecular complexity index is 817. The lowest BCUT2D eigenvalue weighted by Crippen LogP contribution is -2.47. The Labute approximate surface area is 177 Å². The summed E-state index contributed by atoms with van der Waals surface area (Å²) in [5.41, 5.74) is 2.00. The van der Waals surface area contributed by atoms with Gasteiger partial charge in [-0.15, -0.1) is 11.3 Å². The van der Waals surface area contributed by atoms with Crippen LogP contribution in [0.15, 0.2) is 35.7 Å². The van der Waals surface area contributed by atoms with Gasteiger partial charge in [-0.3, -0.25) is 9.59 Å². The summed E-state index contributed by atoms with van der Waals surface area (Å²) in [4.78, 5) is 30.5. The zero-order valence-corrected chi connectivity index (χ0v) is 18.8. The Morgan fingerprint density at radius 1 is 1.07 bits per heavy atom. The molecule has 2 aromatic rings. The molecule has 1 heterocycles. The minimum atomic E-state index is -0.300. The second kappa shape index (κ2) is 10.5. The molecule has 1 atom stereocenters. The maximum Gasteiger partial charge on any atom is 0.242 e. The van der Waals surface area contributed by atoms with Crippen molar-refractivity contribution in [1.82, 2.24) is 9.80 Å². The molecule has 0 radical (unpaired) electrons. The lowest BCUT2D eigenvalue weighted by atomic mass is 10.1. The van der Waals surface area contributed by atoms with E-state index in [9.17, 15) is 14.0 Å². The summed E-state index contributed by atoms with van der Waals surface area (Å²) < 4.78 is 13.3. The number of amides is 2. The molecule has 0 saturated heterocycles. The molecule has 1 aromatic heterocycles. The first-order valence-corrected chi connectivity index (χ1v) is 11.0.